The highest BCUT2D eigenvalue weighted by Gasteiger charge is 2.18. The molecule has 1 aliphatic heterocycles. The van der Waals surface area contributed by atoms with Crippen molar-refractivity contribution in [3.8, 4) is 22.6 Å². The van der Waals surface area contributed by atoms with Gasteiger partial charge in [0.1, 0.15) is 5.76 Å². The van der Waals surface area contributed by atoms with E-state index in [2.05, 4.69) is 9.88 Å². The second kappa shape index (κ2) is 6.71. The van der Waals surface area contributed by atoms with Gasteiger partial charge in [0, 0.05) is 12.1 Å². The summed E-state index contributed by atoms with van der Waals surface area (Å²) in [5, 5.41) is 3.93. The summed E-state index contributed by atoms with van der Waals surface area (Å²) >= 11 is 0. The molecule has 1 aliphatic rings. The number of hydrogen-bond acceptors (Lipinski definition) is 6. The first-order valence-electron chi connectivity index (χ1n) is 8.35. The minimum absolute atomic E-state index is 0.157. The molecule has 2 heterocycles. The molecule has 140 valence electrons. The van der Waals surface area contributed by atoms with Gasteiger partial charge in [0.05, 0.1) is 10.6 Å². The van der Waals surface area contributed by atoms with E-state index in [-0.39, 0.29) is 18.2 Å². The van der Waals surface area contributed by atoms with Gasteiger partial charge in [-0.25, -0.2) is 13.1 Å². The van der Waals surface area contributed by atoms with Crippen molar-refractivity contribution in [2.45, 2.75) is 25.3 Å². The van der Waals surface area contributed by atoms with Gasteiger partial charge in [-0.3, -0.25) is 0 Å². The zero-order valence-corrected chi connectivity index (χ0v) is 15.7. The molecule has 0 bridgehead atoms. The monoisotopic (exact) mass is 386 g/mol. The van der Waals surface area contributed by atoms with Gasteiger partial charge in [-0.15, -0.1) is 0 Å². The summed E-state index contributed by atoms with van der Waals surface area (Å²) < 4.78 is 43.5. The summed E-state index contributed by atoms with van der Waals surface area (Å²) in [5.74, 6) is 1.98. The summed E-state index contributed by atoms with van der Waals surface area (Å²) in [6.07, 6.45) is 0. The van der Waals surface area contributed by atoms with Crippen molar-refractivity contribution >= 4 is 10.0 Å². The Labute approximate surface area is 157 Å². The topological polar surface area (TPSA) is 90.7 Å². The molecule has 2 aromatic carbocycles. The first kappa shape index (κ1) is 17.6. The third-order valence-corrected chi connectivity index (χ3v) is 5.81. The highest BCUT2D eigenvalue weighted by Crippen LogP contribution is 2.32. The molecule has 8 heteroatoms. The van der Waals surface area contributed by atoms with Crippen molar-refractivity contribution in [1.82, 2.24) is 9.88 Å². The van der Waals surface area contributed by atoms with Crippen LogP contribution in [0.25, 0.3) is 11.1 Å². The van der Waals surface area contributed by atoms with E-state index in [1.807, 2.05) is 13.8 Å². The van der Waals surface area contributed by atoms with Gasteiger partial charge in [-0.05, 0) is 49.2 Å². The average molecular weight is 386 g/mol. The van der Waals surface area contributed by atoms with Gasteiger partial charge in [0.25, 0.3) is 0 Å². The van der Waals surface area contributed by atoms with E-state index in [4.69, 9.17) is 14.0 Å². The summed E-state index contributed by atoms with van der Waals surface area (Å²) in [7, 11) is -3.64. The van der Waals surface area contributed by atoms with Crippen LogP contribution in [0.3, 0.4) is 0 Å². The van der Waals surface area contributed by atoms with Gasteiger partial charge in [-0.2, -0.15) is 0 Å². The first-order valence-corrected chi connectivity index (χ1v) is 9.84. The van der Waals surface area contributed by atoms with Crippen molar-refractivity contribution in [3.63, 3.8) is 0 Å². The van der Waals surface area contributed by atoms with E-state index >= 15 is 0 Å². The van der Waals surface area contributed by atoms with Crippen LogP contribution in [0, 0.1) is 13.8 Å². The normalized spacial score (nSPS) is 13.1. The number of sulfonamides is 1. The smallest absolute Gasteiger partial charge is 0.240 e. The lowest BCUT2D eigenvalue weighted by molar-refractivity contribution is 0.174. The fraction of sp³-hybridized carbons (Fsp3) is 0.211. The zero-order chi connectivity index (χ0) is 19.0. The van der Waals surface area contributed by atoms with E-state index in [9.17, 15) is 8.42 Å². The summed E-state index contributed by atoms with van der Waals surface area (Å²) in [6.45, 7) is 4.02. The number of nitrogens with one attached hydrogen (secondary N) is 1. The quantitative estimate of drug-likeness (QED) is 0.724. The number of fused-ring (bicyclic) bond motifs is 1. The van der Waals surface area contributed by atoms with E-state index in [0.29, 0.717) is 17.3 Å². The van der Waals surface area contributed by atoms with E-state index < -0.39 is 10.0 Å². The summed E-state index contributed by atoms with van der Waals surface area (Å²) in [5.41, 5.74) is 3.30. The predicted octanol–water partition coefficient (Wildman–Crippen LogP) is 3.17. The Bertz CT molecular complexity index is 1070. The minimum atomic E-state index is -3.64. The standard InChI is InChI=1S/C19H18N2O5S/c1-12-19(13(2)26-21-12)15-4-6-16(7-5-15)27(22,23)20-10-14-3-8-17-18(9-14)25-11-24-17/h3-9,20H,10-11H2,1-2H3. The van der Waals surface area contributed by atoms with Crippen LogP contribution in [0.15, 0.2) is 51.9 Å². The highest BCUT2D eigenvalue weighted by molar-refractivity contribution is 7.89. The molecule has 3 aromatic rings. The zero-order valence-electron chi connectivity index (χ0n) is 14.9. The van der Waals surface area contributed by atoms with Crippen LogP contribution in [0.1, 0.15) is 17.0 Å². The molecule has 0 spiro atoms. The maximum absolute atomic E-state index is 12.6. The second-order valence-corrected chi connectivity index (χ2v) is 8.00. The Kier molecular flexibility index (Phi) is 4.37. The largest absolute Gasteiger partial charge is 0.454 e. The van der Waals surface area contributed by atoms with E-state index in [1.54, 1.807) is 42.5 Å². The van der Waals surface area contributed by atoms with Gasteiger partial charge in [0.2, 0.25) is 16.8 Å². The van der Waals surface area contributed by atoms with Crippen LogP contribution in [0.4, 0.5) is 0 Å². The number of aromatic nitrogens is 1. The molecule has 7 nitrogen and oxygen atoms in total. The Balaban J connectivity index is 1.50. The van der Waals surface area contributed by atoms with Gasteiger partial charge in [0.15, 0.2) is 11.5 Å². The summed E-state index contributed by atoms with van der Waals surface area (Å²) in [6, 6.07) is 12.0. The predicted molar refractivity (Wildman–Crippen MR) is 98.0 cm³/mol. The number of ether oxygens (including phenoxy) is 2. The fourth-order valence-electron chi connectivity index (χ4n) is 3.01. The lowest BCUT2D eigenvalue weighted by Crippen LogP contribution is -2.23. The second-order valence-electron chi connectivity index (χ2n) is 6.24. The third-order valence-electron chi connectivity index (χ3n) is 4.39. The lowest BCUT2D eigenvalue weighted by Gasteiger charge is -2.08. The van der Waals surface area contributed by atoms with Gasteiger partial charge < -0.3 is 14.0 Å². The molecule has 27 heavy (non-hydrogen) atoms. The maximum atomic E-state index is 12.6. The van der Waals surface area contributed by atoms with Crippen LogP contribution in [-0.4, -0.2) is 20.4 Å². The Morgan fingerprint density at radius 1 is 1.04 bits per heavy atom. The molecule has 1 aromatic heterocycles. The maximum Gasteiger partial charge on any atom is 0.240 e. The van der Waals surface area contributed by atoms with Crippen molar-refractivity contribution in [3.05, 3.63) is 59.5 Å². The third kappa shape index (κ3) is 3.41. The van der Waals surface area contributed by atoms with Gasteiger partial charge >= 0.3 is 0 Å². The molecule has 0 aliphatic carbocycles. The number of nitrogens with zero attached hydrogens (tertiary/aromatic N) is 1. The SMILES string of the molecule is Cc1noc(C)c1-c1ccc(S(=O)(=O)NCc2ccc3c(c2)OCO3)cc1. The number of hydrogen-bond donors (Lipinski definition) is 1. The molecule has 4 rings (SSSR count). The van der Waals surface area contributed by atoms with Crippen LogP contribution in [-0.2, 0) is 16.6 Å². The van der Waals surface area contributed by atoms with E-state index in [1.165, 1.54) is 0 Å². The molecule has 0 fully saturated rings. The molecular formula is C19H18N2O5S. The fourth-order valence-corrected chi connectivity index (χ4v) is 4.03. The van der Waals surface area contributed by atoms with Crippen molar-refractivity contribution in [2.24, 2.45) is 0 Å². The van der Waals surface area contributed by atoms with Crippen LogP contribution >= 0.6 is 0 Å². The van der Waals surface area contributed by atoms with Crippen LogP contribution < -0.4 is 14.2 Å². The van der Waals surface area contributed by atoms with Crippen LogP contribution in [0.2, 0.25) is 0 Å². The van der Waals surface area contributed by atoms with Gasteiger partial charge in [-0.1, -0.05) is 23.4 Å². The molecule has 0 amide bonds. The minimum Gasteiger partial charge on any atom is -0.454 e. The first-order chi connectivity index (χ1) is 12.9. The van der Waals surface area contributed by atoms with Crippen LogP contribution in [0.5, 0.6) is 11.5 Å². The summed E-state index contributed by atoms with van der Waals surface area (Å²) in [4.78, 5) is 0.193. The molecule has 0 radical (unpaired) electrons. The number of aryl methyl sites for hydroxylation is 2. The highest BCUT2D eigenvalue weighted by atomic mass is 32.2. The lowest BCUT2D eigenvalue weighted by atomic mass is 10.0. The molecule has 0 unspecified atom stereocenters. The molecule has 1 N–H and O–H groups in total. The van der Waals surface area contributed by atoms with E-state index in [0.717, 1.165) is 22.4 Å². The molecular weight excluding hydrogens is 368 g/mol. The molecule has 0 saturated carbocycles. The molecule has 0 saturated heterocycles. The van der Waals surface area contributed by atoms with Crippen molar-refractivity contribution in [1.29, 1.82) is 0 Å². The number of rotatable bonds is 5. The van der Waals surface area contributed by atoms with Crippen molar-refractivity contribution < 1.29 is 22.4 Å². The van der Waals surface area contributed by atoms with Crippen molar-refractivity contribution in [2.75, 3.05) is 6.79 Å². The Hall–Kier alpha value is -2.84. The Morgan fingerprint density at radius 2 is 1.78 bits per heavy atom. The Morgan fingerprint density at radius 3 is 2.48 bits per heavy atom. The molecule has 0 atom stereocenters. The number of benzene rings is 2. The average Bonchev–Trinajstić information content (AvgIpc) is 3.26.